The molecule has 2 heterocycles. The number of rotatable bonds is 6. The van der Waals surface area contributed by atoms with Crippen molar-refractivity contribution in [2.75, 3.05) is 4.90 Å². The lowest BCUT2D eigenvalue weighted by molar-refractivity contribution is -0.384. The number of amides is 1. The summed E-state index contributed by atoms with van der Waals surface area (Å²) in [5.74, 6) is -0.281. The van der Waals surface area contributed by atoms with E-state index < -0.39 is 4.92 Å². The minimum absolute atomic E-state index is 0.0259. The molecule has 0 saturated heterocycles. The Morgan fingerprint density at radius 1 is 1.12 bits per heavy atom. The van der Waals surface area contributed by atoms with Gasteiger partial charge in [-0.1, -0.05) is 41.7 Å². The van der Waals surface area contributed by atoms with Crippen molar-refractivity contribution in [1.82, 2.24) is 9.97 Å². The first-order valence-corrected chi connectivity index (χ1v) is 10.7. The number of aromatic nitrogens is 2. The molecule has 0 unspecified atom stereocenters. The fourth-order valence-corrected chi connectivity index (χ4v) is 4.37. The van der Waals surface area contributed by atoms with E-state index in [0.29, 0.717) is 10.7 Å². The maximum absolute atomic E-state index is 13.2. The first kappa shape index (κ1) is 21.3. The average Bonchev–Trinajstić information content (AvgIpc) is 3.26. The van der Waals surface area contributed by atoms with Crippen molar-refractivity contribution >= 4 is 44.4 Å². The van der Waals surface area contributed by atoms with Crippen LogP contribution in [0.3, 0.4) is 0 Å². The molecule has 8 heteroatoms. The first-order valence-electron chi connectivity index (χ1n) is 9.93. The fourth-order valence-electron chi connectivity index (χ4n) is 3.26. The van der Waals surface area contributed by atoms with E-state index in [1.807, 2.05) is 44.2 Å². The molecule has 0 aliphatic carbocycles. The van der Waals surface area contributed by atoms with E-state index in [1.165, 1.54) is 29.5 Å². The van der Waals surface area contributed by atoms with Crippen molar-refractivity contribution in [3.63, 3.8) is 0 Å². The van der Waals surface area contributed by atoms with E-state index >= 15 is 0 Å². The Kier molecular flexibility index (Phi) is 6.04. The molecule has 160 valence electrons. The van der Waals surface area contributed by atoms with E-state index in [2.05, 4.69) is 4.98 Å². The third kappa shape index (κ3) is 4.55. The van der Waals surface area contributed by atoms with Crippen LogP contribution >= 0.6 is 11.3 Å². The third-order valence-corrected chi connectivity index (χ3v) is 6.19. The molecule has 0 atom stereocenters. The Bertz CT molecular complexity index is 1290. The van der Waals surface area contributed by atoms with Gasteiger partial charge in [-0.25, -0.2) is 4.98 Å². The topological polar surface area (TPSA) is 89.2 Å². The van der Waals surface area contributed by atoms with Gasteiger partial charge in [0.05, 0.1) is 27.4 Å². The molecule has 4 rings (SSSR count). The number of nitrogens with zero attached hydrogens (tertiary/aromatic N) is 4. The van der Waals surface area contributed by atoms with Gasteiger partial charge in [-0.05, 0) is 48.7 Å². The molecule has 0 aliphatic heterocycles. The van der Waals surface area contributed by atoms with Gasteiger partial charge in [-0.3, -0.25) is 24.8 Å². The third-order valence-electron chi connectivity index (χ3n) is 4.97. The lowest BCUT2D eigenvalue weighted by Crippen LogP contribution is -2.29. The summed E-state index contributed by atoms with van der Waals surface area (Å²) in [6.07, 6.45) is 4.67. The largest absolute Gasteiger partial charge is 0.278 e. The molecule has 2 aromatic carbocycles. The van der Waals surface area contributed by atoms with E-state index in [1.54, 1.807) is 29.3 Å². The average molecular weight is 445 g/mol. The second-order valence-corrected chi connectivity index (χ2v) is 8.28. The highest BCUT2D eigenvalue weighted by atomic mass is 32.1. The van der Waals surface area contributed by atoms with Gasteiger partial charge >= 0.3 is 0 Å². The van der Waals surface area contributed by atoms with Crippen LogP contribution in [0, 0.1) is 24.0 Å². The van der Waals surface area contributed by atoms with Gasteiger partial charge < -0.3 is 0 Å². The SMILES string of the molecule is Cc1ccc(C)c2sc(N(Cc3ccccn3)C(=O)/C=C/c3cccc([N+](=O)[O-])c3)nc12. The van der Waals surface area contributed by atoms with Crippen molar-refractivity contribution in [2.45, 2.75) is 20.4 Å². The number of nitro benzene ring substituents is 1. The van der Waals surface area contributed by atoms with E-state index in [9.17, 15) is 14.9 Å². The minimum atomic E-state index is -0.460. The van der Waals surface area contributed by atoms with E-state index in [0.717, 1.165) is 27.0 Å². The first-order chi connectivity index (χ1) is 15.4. The van der Waals surface area contributed by atoms with Gasteiger partial charge in [-0.15, -0.1) is 0 Å². The summed E-state index contributed by atoms with van der Waals surface area (Å²) >= 11 is 1.46. The molecule has 0 fully saturated rings. The summed E-state index contributed by atoms with van der Waals surface area (Å²) < 4.78 is 1.04. The Morgan fingerprint density at radius 3 is 2.66 bits per heavy atom. The maximum Gasteiger partial charge on any atom is 0.270 e. The molecular formula is C24H20N4O3S. The predicted molar refractivity (Wildman–Crippen MR) is 127 cm³/mol. The Balaban J connectivity index is 1.70. The van der Waals surface area contributed by atoms with Gasteiger partial charge in [0, 0.05) is 24.4 Å². The number of non-ortho nitro benzene ring substituents is 1. The molecule has 0 radical (unpaired) electrons. The number of aryl methyl sites for hydroxylation is 2. The number of benzene rings is 2. The van der Waals surface area contributed by atoms with Gasteiger partial charge in [0.15, 0.2) is 5.13 Å². The zero-order valence-electron chi connectivity index (χ0n) is 17.6. The Morgan fingerprint density at radius 2 is 1.94 bits per heavy atom. The number of thiazole rings is 1. The number of carbonyl (C=O) groups excluding carboxylic acids is 1. The molecule has 0 spiro atoms. The smallest absolute Gasteiger partial charge is 0.270 e. The van der Waals surface area contributed by atoms with Crippen LogP contribution < -0.4 is 4.90 Å². The monoisotopic (exact) mass is 444 g/mol. The molecule has 7 nitrogen and oxygen atoms in total. The molecule has 2 aromatic heterocycles. The van der Waals surface area contributed by atoms with Gasteiger partial charge in [0.1, 0.15) is 0 Å². The van der Waals surface area contributed by atoms with Crippen LogP contribution in [0.1, 0.15) is 22.4 Å². The van der Waals surface area contributed by atoms with Crippen molar-refractivity contribution in [2.24, 2.45) is 0 Å². The molecule has 1 amide bonds. The standard InChI is InChI=1S/C24H20N4O3S/c1-16-9-10-17(2)23-22(16)26-24(32-23)27(15-19-7-3-4-13-25-19)21(29)12-11-18-6-5-8-20(14-18)28(30)31/h3-14H,15H2,1-2H3/b12-11+. The van der Waals surface area contributed by atoms with Crippen LogP contribution in [-0.2, 0) is 11.3 Å². The van der Waals surface area contributed by atoms with Crippen LogP contribution in [0.2, 0.25) is 0 Å². The van der Waals surface area contributed by atoms with Crippen LogP contribution in [0.4, 0.5) is 10.8 Å². The normalized spacial score (nSPS) is 11.2. The molecule has 0 aliphatic rings. The lowest BCUT2D eigenvalue weighted by atomic mass is 10.1. The summed E-state index contributed by atoms with van der Waals surface area (Å²) in [5.41, 5.74) is 4.31. The van der Waals surface area contributed by atoms with E-state index in [-0.39, 0.29) is 18.1 Å². The van der Waals surface area contributed by atoms with Crippen LogP contribution in [-0.4, -0.2) is 20.8 Å². The Hall–Kier alpha value is -3.91. The zero-order valence-corrected chi connectivity index (χ0v) is 18.4. The summed E-state index contributed by atoms with van der Waals surface area (Å²) in [6, 6.07) is 15.8. The highest BCUT2D eigenvalue weighted by molar-refractivity contribution is 7.22. The predicted octanol–water partition coefficient (Wildman–Crippen LogP) is 5.46. The van der Waals surface area contributed by atoms with Crippen molar-refractivity contribution in [3.8, 4) is 0 Å². The molecule has 0 bridgehead atoms. The van der Waals surface area contributed by atoms with Gasteiger partial charge in [-0.2, -0.15) is 0 Å². The number of hydrogen-bond acceptors (Lipinski definition) is 6. The second kappa shape index (κ2) is 9.07. The number of anilines is 1. The molecular weight excluding hydrogens is 424 g/mol. The van der Waals surface area contributed by atoms with Crippen molar-refractivity contribution in [1.29, 1.82) is 0 Å². The van der Waals surface area contributed by atoms with Crippen LogP contribution in [0.25, 0.3) is 16.3 Å². The second-order valence-electron chi connectivity index (χ2n) is 7.30. The van der Waals surface area contributed by atoms with Crippen molar-refractivity contribution in [3.05, 3.63) is 99.4 Å². The number of nitro groups is 1. The molecule has 4 aromatic rings. The maximum atomic E-state index is 13.2. The quantitative estimate of drug-likeness (QED) is 0.224. The zero-order chi connectivity index (χ0) is 22.7. The molecule has 32 heavy (non-hydrogen) atoms. The Labute approximate surface area is 188 Å². The van der Waals surface area contributed by atoms with Crippen LogP contribution in [0.15, 0.2) is 66.9 Å². The van der Waals surface area contributed by atoms with Crippen molar-refractivity contribution < 1.29 is 9.72 Å². The van der Waals surface area contributed by atoms with Gasteiger partial charge in [0.2, 0.25) is 0 Å². The summed E-state index contributed by atoms with van der Waals surface area (Å²) in [5, 5.41) is 11.6. The lowest BCUT2D eigenvalue weighted by Gasteiger charge is -2.17. The number of pyridine rings is 1. The number of fused-ring (bicyclic) bond motifs is 1. The van der Waals surface area contributed by atoms with E-state index in [4.69, 9.17) is 4.98 Å². The highest BCUT2D eigenvalue weighted by Gasteiger charge is 2.20. The van der Waals surface area contributed by atoms with Crippen LogP contribution in [0.5, 0.6) is 0 Å². The molecule has 0 saturated carbocycles. The number of carbonyl (C=O) groups is 1. The fraction of sp³-hybridized carbons (Fsp3) is 0.125. The molecule has 0 N–H and O–H groups in total. The summed E-state index contributed by atoms with van der Waals surface area (Å²) in [7, 11) is 0. The summed E-state index contributed by atoms with van der Waals surface area (Å²) in [6.45, 7) is 4.28. The highest BCUT2D eigenvalue weighted by Crippen LogP contribution is 2.33. The minimum Gasteiger partial charge on any atom is -0.278 e. The van der Waals surface area contributed by atoms with Gasteiger partial charge in [0.25, 0.3) is 11.6 Å². The number of hydrogen-bond donors (Lipinski definition) is 0. The summed E-state index contributed by atoms with van der Waals surface area (Å²) in [4.78, 5) is 34.5.